The van der Waals surface area contributed by atoms with Crippen LogP contribution in [0.4, 0.5) is 25.2 Å². The first kappa shape index (κ1) is 24.8. The van der Waals surface area contributed by atoms with Gasteiger partial charge in [0.05, 0.1) is 0 Å². The van der Waals surface area contributed by atoms with Gasteiger partial charge in [-0.1, -0.05) is 4.85 Å². The third-order valence-electron chi connectivity index (χ3n) is 5.63. The largest absolute Gasteiger partial charge is 0.371 e. The van der Waals surface area contributed by atoms with Crippen molar-refractivity contribution in [1.82, 2.24) is 34.2 Å². The van der Waals surface area contributed by atoms with Crippen LogP contribution in [0.3, 0.4) is 0 Å². The third kappa shape index (κ3) is 7.32. The van der Waals surface area contributed by atoms with Gasteiger partial charge < -0.3 is 4.84 Å². The van der Waals surface area contributed by atoms with E-state index in [-0.39, 0.29) is 6.23 Å². The average Bonchev–Trinajstić information content (AvgIpc) is 3.50. The van der Waals surface area contributed by atoms with Crippen LogP contribution in [-0.2, 0) is 0 Å². The number of hydrogen-bond donors (Lipinski definition) is 0. The monoisotopic (exact) mass is 521 g/mol. The minimum Gasteiger partial charge on any atom is -0.371 e. The molecule has 0 aliphatic carbocycles. The molecule has 0 radical (unpaired) electrons. The number of hydrogen-bond acceptors (Lipinski definition) is 7. The topological polar surface area (TPSA) is 62.6 Å². The van der Waals surface area contributed by atoms with Gasteiger partial charge in [0.15, 0.2) is 0 Å². The molecule has 3 fully saturated rings. The molecule has 0 bridgehead atoms. The first-order valence-corrected chi connectivity index (χ1v) is 14.3. The van der Waals surface area contributed by atoms with Crippen LogP contribution in [0, 0.1) is 0 Å². The molecule has 0 saturated carbocycles. The molecule has 3 aliphatic rings. The van der Waals surface area contributed by atoms with E-state index in [1.807, 2.05) is 12.1 Å². The van der Waals surface area contributed by atoms with Gasteiger partial charge in [-0.3, -0.25) is 0 Å². The van der Waals surface area contributed by atoms with Crippen LogP contribution in [-0.4, -0.2) is 73.1 Å². The minimum absolute atomic E-state index is 0.0667. The Morgan fingerprint density at radius 3 is 2.03 bits per heavy atom. The summed E-state index contributed by atoms with van der Waals surface area (Å²) in [5, 5.41) is 8.37. The van der Waals surface area contributed by atoms with E-state index in [9.17, 15) is 25.2 Å². The maximum absolute atomic E-state index is 10.7. The van der Waals surface area contributed by atoms with Crippen molar-refractivity contribution >= 4 is 27.3 Å². The van der Waals surface area contributed by atoms with Gasteiger partial charge in [-0.25, -0.2) is 4.98 Å². The molecule has 3 saturated heterocycles. The fraction of sp³-hybridized carbons (Fsp3) is 0.706. The van der Waals surface area contributed by atoms with Gasteiger partial charge in [0.1, 0.15) is 5.52 Å². The Morgan fingerprint density at radius 2 is 1.45 bits per heavy atom. The molecule has 0 spiro atoms. The van der Waals surface area contributed by atoms with E-state index in [1.165, 1.54) is 63.1 Å². The number of fused-ring (bicyclic) bond motifs is 1. The van der Waals surface area contributed by atoms with Gasteiger partial charge >= 0.3 is 33.0 Å². The normalized spacial score (nSPS) is 25.2. The smallest absolute Gasteiger partial charge is 0.219 e. The van der Waals surface area contributed by atoms with E-state index in [0.29, 0.717) is 5.65 Å². The molecule has 0 aromatic carbocycles. The van der Waals surface area contributed by atoms with Crippen LogP contribution in [0.1, 0.15) is 38.5 Å². The van der Waals surface area contributed by atoms with E-state index in [0.717, 1.165) is 18.5 Å². The standard InChI is InChI=1S/C17H26N7OP.F6P/c1-2-11-21(10-1)26(22-12-3-4-13-22)23-14-6-8-16(23)25-24-17-15(19-20-24)7-5-9-18-17;1-7(2,3,4,5)6/h5,7,9,16H,1-4,6,8,10-14H2;/q;-1/p+1. The summed E-state index contributed by atoms with van der Waals surface area (Å²) in [7, 11) is -11.5. The predicted molar refractivity (Wildman–Crippen MR) is 115 cm³/mol. The zero-order valence-corrected chi connectivity index (χ0v) is 19.7. The Hall–Kier alpha value is -1.33. The summed E-state index contributed by atoms with van der Waals surface area (Å²) in [5.41, 5.74) is 1.48. The van der Waals surface area contributed by atoms with Crippen molar-refractivity contribution in [2.45, 2.75) is 44.8 Å². The summed E-state index contributed by atoms with van der Waals surface area (Å²) in [6.07, 6.45) is 9.39. The summed E-state index contributed by atoms with van der Waals surface area (Å²) in [5.74, 6) is 0. The molecule has 5 heterocycles. The van der Waals surface area contributed by atoms with E-state index < -0.39 is 16.2 Å². The number of aromatic nitrogens is 4. The molecule has 188 valence electrons. The van der Waals surface area contributed by atoms with Crippen molar-refractivity contribution < 1.29 is 30.0 Å². The predicted octanol–water partition coefficient (Wildman–Crippen LogP) is 5.21. The second-order valence-electron chi connectivity index (χ2n) is 8.35. The Morgan fingerprint density at radius 1 is 0.879 bits per heavy atom. The molecule has 0 amide bonds. The molecule has 2 aromatic rings. The van der Waals surface area contributed by atoms with E-state index in [2.05, 4.69) is 29.3 Å². The molecule has 2 aromatic heterocycles. The van der Waals surface area contributed by atoms with Gasteiger partial charge in [-0.2, -0.15) is 9.34 Å². The summed E-state index contributed by atoms with van der Waals surface area (Å²) in [6, 6.07) is 3.80. The summed E-state index contributed by atoms with van der Waals surface area (Å²) < 4.78 is 67.3. The fourth-order valence-corrected chi connectivity index (χ4v) is 7.75. The molecule has 16 heteroatoms. The molecule has 0 N–H and O–H groups in total. The van der Waals surface area contributed by atoms with Crippen LogP contribution < -0.4 is 4.84 Å². The molecule has 5 rings (SSSR count). The number of nitrogens with zero attached hydrogens (tertiary/aromatic N) is 7. The molecule has 1 unspecified atom stereocenters. The zero-order chi connectivity index (χ0) is 23.8. The zero-order valence-electron chi connectivity index (χ0n) is 17.8. The maximum Gasteiger partial charge on any atom is 0.219 e. The molecule has 8 nitrogen and oxygen atoms in total. The Bertz CT molecular complexity index is 923. The Labute approximate surface area is 187 Å². The first-order chi connectivity index (χ1) is 15.3. The number of pyridine rings is 1. The van der Waals surface area contributed by atoms with Gasteiger partial charge in [0.2, 0.25) is 20.2 Å². The van der Waals surface area contributed by atoms with Crippen LogP contribution in [0.15, 0.2) is 18.3 Å². The van der Waals surface area contributed by atoms with Crippen LogP contribution in [0.2, 0.25) is 0 Å². The maximum atomic E-state index is 9.87. The van der Waals surface area contributed by atoms with Crippen LogP contribution >= 0.6 is 16.2 Å². The second kappa shape index (κ2) is 8.71. The van der Waals surface area contributed by atoms with E-state index >= 15 is 0 Å². The van der Waals surface area contributed by atoms with Crippen LogP contribution in [0.5, 0.6) is 0 Å². The first-order valence-electron chi connectivity index (χ1n) is 10.9. The second-order valence-corrected chi connectivity index (χ2v) is 12.7. The number of rotatable bonds is 5. The SMILES string of the molecule is F[P-](F)(F)(F)(F)F.c1cnc2c(c1)nnn2OC1CCCN1[PH+](N1CCCC1)N1CCCC1. The van der Waals surface area contributed by atoms with Crippen molar-refractivity contribution in [2.24, 2.45) is 0 Å². The molecule has 33 heavy (non-hydrogen) atoms. The van der Waals surface area contributed by atoms with Crippen molar-refractivity contribution in [3.05, 3.63) is 18.3 Å². The van der Waals surface area contributed by atoms with Gasteiger partial charge in [0.25, 0.3) is 0 Å². The van der Waals surface area contributed by atoms with E-state index in [4.69, 9.17) is 4.84 Å². The van der Waals surface area contributed by atoms with Crippen molar-refractivity contribution in [3.8, 4) is 0 Å². The Balaban J connectivity index is 0.000000325. The Kier molecular flexibility index (Phi) is 6.54. The molecule has 3 aliphatic heterocycles. The van der Waals surface area contributed by atoms with E-state index in [1.54, 1.807) is 6.20 Å². The van der Waals surface area contributed by atoms with Crippen LogP contribution in [0.25, 0.3) is 11.2 Å². The molecular formula is C17H27F6N7OP2. The number of halogens is 6. The quantitative estimate of drug-likeness (QED) is 0.396. The third-order valence-corrected chi connectivity index (χ3v) is 8.69. The van der Waals surface area contributed by atoms with Crippen molar-refractivity contribution in [2.75, 3.05) is 32.7 Å². The minimum atomic E-state index is -10.7. The summed E-state index contributed by atoms with van der Waals surface area (Å²) >= 11 is 0. The van der Waals surface area contributed by atoms with Crippen molar-refractivity contribution in [3.63, 3.8) is 0 Å². The average molecular weight is 521 g/mol. The summed E-state index contributed by atoms with van der Waals surface area (Å²) in [4.78, 5) is 12.2. The molecule has 1 atom stereocenters. The van der Waals surface area contributed by atoms with Crippen molar-refractivity contribution in [1.29, 1.82) is 0 Å². The van der Waals surface area contributed by atoms with Gasteiger partial charge in [0, 0.05) is 45.3 Å². The van der Waals surface area contributed by atoms with Gasteiger partial charge in [-0.05, 0) is 49.5 Å². The summed E-state index contributed by atoms with van der Waals surface area (Å²) in [6.45, 7) is 6.07. The molecular weight excluding hydrogens is 494 g/mol. The fourth-order valence-electron chi connectivity index (χ4n) is 4.40. The van der Waals surface area contributed by atoms with Gasteiger partial charge in [-0.15, -0.1) is 9.77 Å².